The van der Waals surface area contributed by atoms with Crippen molar-refractivity contribution in [3.63, 3.8) is 0 Å². The van der Waals surface area contributed by atoms with E-state index in [1.54, 1.807) is 32.8 Å². The van der Waals surface area contributed by atoms with E-state index >= 15 is 0 Å². The quantitative estimate of drug-likeness (QED) is 0.472. The lowest BCUT2D eigenvalue weighted by Crippen LogP contribution is -2.26. The molecule has 0 aromatic carbocycles. The molecule has 0 saturated heterocycles. The number of amidine groups is 1. The lowest BCUT2D eigenvalue weighted by molar-refractivity contribution is -0.138. The van der Waals surface area contributed by atoms with Crippen LogP contribution in [0.3, 0.4) is 0 Å². The van der Waals surface area contributed by atoms with Gasteiger partial charge in [-0.25, -0.2) is 9.79 Å². The van der Waals surface area contributed by atoms with Crippen molar-refractivity contribution in [3.05, 3.63) is 0 Å². The second-order valence-electron chi connectivity index (χ2n) is 3.24. The monoisotopic (exact) mass is 156 g/mol. The van der Waals surface area contributed by atoms with Crippen LogP contribution in [0.25, 0.3) is 0 Å². The first-order chi connectivity index (χ1) is 4.93. The van der Waals surface area contributed by atoms with E-state index < -0.39 is 5.54 Å². The van der Waals surface area contributed by atoms with E-state index in [9.17, 15) is 4.79 Å². The van der Waals surface area contributed by atoms with Crippen molar-refractivity contribution >= 4 is 12.0 Å². The van der Waals surface area contributed by atoms with Crippen LogP contribution in [0, 0.1) is 0 Å². The fourth-order valence-corrected chi connectivity index (χ4v) is 0.707. The Kier molecular flexibility index (Phi) is 1.62. The first-order valence-corrected chi connectivity index (χ1v) is 3.43. The molecule has 0 saturated carbocycles. The zero-order valence-electron chi connectivity index (χ0n) is 7.21. The Hall–Kier alpha value is -1.06. The number of hydrogen-bond acceptors (Lipinski definition) is 4. The van der Waals surface area contributed by atoms with E-state index in [-0.39, 0.29) is 5.97 Å². The summed E-state index contributed by atoms with van der Waals surface area (Å²) in [4.78, 5) is 16.8. The number of esters is 1. The van der Waals surface area contributed by atoms with Crippen LogP contribution in [0.2, 0.25) is 0 Å². The third-order valence-electron chi connectivity index (χ3n) is 1.44. The zero-order valence-corrected chi connectivity index (χ0v) is 7.21. The van der Waals surface area contributed by atoms with Crippen LogP contribution in [-0.2, 0) is 9.53 Å². The van der Waals surface area contributed by atoms with Crippen LogP contribution in [-0.4, -0.2) is 36.5 Å². The molecule has 0 spiro atoms. The van der Waals surface area contributed by atoms with Crippen LogP contribution in [0.15, 0.2) is 4.99 Å². The van der Waals surface area contributed by atoms with Crippen molar-refractivity contribution in [1.82, 2.24) is 4.90 Å². The Balaban J connectivity index is 2.84. The third kappa shape index (κ3) is 1.34. The predicted molar refractivity (Wildman–Crippen MR) is 41.3 cm³/mol. The molecule has 0 unspecified atom stereocenters. The topological polar surface area (TPSA) is 41.9 Å². The average molecular weight is 156 g/mol. The second kappa shape index (κ2) is 2.22. The predicted octanol–water partition coefficient (Wildman–Crippen LogP) is 0.239. The fourth-order valence-electron chi connectivity index (χ4n) is 0.707. The normalized spacial score (nSPS) is 21.1. The van der Waals surface area contributed by atoms with Gasteiger partial charge in [0.1, 0.15) is 0 Å². The van der Waals surface area contributed by atoms with Crippen molar-refractivity contribution in [2.75, 3.05) is 14.1 Å². The van der Waals surface area contributed by atoms with E-state index in [1.807, 2.05) is 0 Å². The van der Waals surface area contributed by atoms with Crippen molar-refractivity contribution in [3.8, 4) is 0 Å². The summed E-state index contributed by atoms with van der Waals surface area (Å²) in [5.74, 6) is -0.291. The molecule has 0 bridgehead atoms. The Morgan fingerprint density at radius 3 is 2.18 bits per heavy atom. The van der Waals surface area contributed by atoms with Crippen molar-refractivity contribution in [1.29, 1.82) is 0 Å². The first-order valence-electron chi connectivity index (χ1n) is 3.43. The van der Waals surface area contributed by atoms with Gasteiger partial charge in [-0.1, -0.05) is 0 Å². The summed E-state index contributed by atoms with van der Waals surface area (Å²) >= 11 is 0. The fraction of sp³-hybridized carbons (Fsp3) is 0.714. The van der Waals surface area contributed by atoms with E-state index in [1.165, 1.54) is 0 Å². The molecule has 0 atom stereocenters. The summed E-state index contributed by atoms with van der Waals surface area (Å²) in [6.07, 6.45) is 0. The molecule has 1 aliphatic heterocycles. The minimum absolute atomic E-state index is 0.291. The minimum atomic E-state index is -0.709. The second-order valence-corrected chi connectivity index (χ2v) is 3.24. The molecule has 0 aromatic rings. The highest BCUT2D eigenvalue weighted by molar-refractivity contribution is 5.98. The molecule has 1 heterocycles. The molecule has 0 aliphatic carbocycles. The summed E-state index contributed by atoms with van der Waals surface area (Å²) in [5, 5.41) is 0. The van der Waals surface area contributed by atoms with E-state index in [0.29, 0.717) is 6.02 Å². The average Bonchev–Trinajstić information content (AvgIpc) is 2.08. The van der Waals surface area contributed by atoms with Gasteiger partial charge < -0.3 is 9.64 Å². The number of carbonyl (C=O) groups excluding carboxylic acids is 1. The summed E-state index contributed by atoms with van der Waals surface area (Å²) in [6, 6.07) is 0.389. The van der Waals surface area contributed by atoms with Gasteiger partial charge in [0, 0.05) is 14.1 Å². The number of cyclic esters (lactones) is 1. The molecule has 1 aliphatic rings. The molecule has 0 N–H and O–H groups in total. The highest BCUT2D eigenvalue weighted by atomic mass is 16.6. The summed E-state index contributed by atoms with van der Waals surface area (Å²) in [7, 11) is 3.57. The highest BCUT2D eigenvalue weighted by Gasteiger charge is 2.37. The van der Waals surface area contributed by atoms with E-state index in [4.69, 9.17) is 4.74 Å². The molecular formula is C7H12N2O2. The highest BCUT2D eigenvalue weighted by Crippen LogP contribution is 2.18. The molecule has 4 nitrogen and oxygen atoms in total. The van der Waals surface area contributed by atoms with Gasteiger partial charge in [0.15, 0.2) is 5.54 Å². The minimum Gasteiger partial charge on any atom is -0.391 e. The van der Waals surface area contributed by atoms with Crippen molar-refractivity contribution < 1.29 is 9.53 Å². The van der Waals surface area contributed by atoms with Crippen LogP contribution in [0.4, 0.5) is 0 Å². The number of aliphatic imine (C=N–C) groups is 1. The summed E-state index contributed by atoms with van der Waals surface area (Å²) in [5.41, 5.74) is -0.709. The number of ether oxygens (including phenoxy) is 1. The maximum atomic E-state index is 11.0. The molecule has 62 valence electrons. The van der Waals surface area contributed by atoms with Gasteiger partial charge in [0.05, 0.1) is 0 Å². The van der Waals surface area contributed by atoms with Crippen LogP contribution in [0.5, 0.6) is 0 Å². The Labute approximate surface area is 65.9 Å². The van der Waals surface area contributed by atoms with Crippen LogP contribution >= 0.6 is 0 Å². The molecular weight excluding hydrogens is 144 g/mol. The maximum Gasteiger partial charge on any atom is 0.341 e. The molecule has 0 fully saturated rings. The number of rotatable bonds is 0. The van der Waals surface area contributed by atoms with Gasteiger partial charge in [-0.2, -0.15) is 0 Å². The SMILES string of the molecule is CN(C)C1=NC(C)(C)C(=O)O1. The smallest absolute Gasteiger partial charge is 0.341 e. The third-order valence-corrected chi connectivity index (χ3v) is 1.44. The van der Waals surface area contributed by atoms with E-state index in [0.717, 1.165) is 0 Å². The Morgan fingerprint density at radius 1 is 1.45 bits per heavy atom. The molecule has 0 aromatic heterocycles. The van der Waals surface area contributed by atoms with Gasteiger partial charge in [0.2, 0.25) is 0 Å². The molecule has 0 amide bonds. The van der Waals surface area contributed by atoms with Crippen LogP contribution < -0.4 is 0 Å². The number of carbonyl (C=O) groups is 1. The maximum absolute atomic E-state index is 11.0. The molecule has 0 radical (unpaired) electrons. The van der Waals surface area contributed by atoms with Crippen molar-refractivity contribution in [2.24, 2.45) is 4.99 Å². The van der Waals surface area contributed by atoms with Gasteiger partial charge >= 0.3 is 5.97 Å². The molecule has 11 heavy (non-hydrogen) atoms. The zero-order chi connectivity index (χ0) is 8.65. The summed E-state index contributed by atoms with van der Waals surface area (Å²) < 4.78 is 4.88. The summed E-state index contributed by atoms with van der Waals surface area (Å²) in [6.45, 7) is 3.46. The number of hydrogen-bond donors (Lipinski definition) is 0. The first kappa shape index (κ1) is 8.04. The Bertz CT molecular complexity index is 218. The van der Waals surface area contributed by atoms with Gasteiger partial charge in [-0.15, -0.1) is 0 Å². The number of nitrogens with zero attached hydrogens (tertiary/aromatic N) is 2. The lowest BCUT2D eigenvalue weighted by atomic mass is 10.1. The standard InChI is InChI=1S/C7H12N2O2/c1-7(2)5(10)11-6(8-7)9(3)4/h1-4H3. The van der Waals surface area contributed by atoms with Crippen molar-refractivity contribution in [2.45, 2.75) is 19.4 Å². The Morgan fingerprint density at radius 2 is 2.00 bits per heavy atom. The van der Waals surface area contributed by atoms with E-state index in [2.05, 4.69) is 4.99 Å². The van der Waals surface area contributed by atoms with Crippen LogP contribution in [0.1, 0.15) is 13.8 Å². The largest absolute Gasteiger partial charge is 0.391 e. The van der Waals surface area contributed by atoms with Gasteiger partial charge in [-0.05, 0) is 13.8 Å². The molecule has 4 heteroatoms. The van der Waals surface area contributed by atoms with Gasteiger partial charge in [-0.3, -0.25) is 0 Å². The molecule has 1 rings (SSSR count). The lowest BCUT2D eigenvalue weighted by Gasteiger charge is -2.07. The van der Waals surface area contributed by atoms with Gasteiger partial charge in [0.25, 0.3) is 6.02 Å².